The van der Waals surface area contributed by atoms with E-state index in [-0.39, 0.29) is 150 Å². The van der Waals surface area contributed by atoms with Crippen LogP contribution in [0.1, 0.15) is 61.0 Å². The number of aromatic hydroxyl groups is 1. The first-order valence-corrected chi connectivity index (χ1v) is 30.0. The number of hydrogen-bond donors (Lipinski definition) is 5. The van der Waals surface area contributed by atoms with Crippen LogP contribution in [0.3, 0.4) is 0 Å². The first-order chi connectivity index (χ1) is 43.0. The second kappa shape index (κ2) is 30.3. The molecule has 0 spiro atoms. The van der Waals surface area contributed by atoms with Crippen LogP contribution in [-0.4, -0.2) is 160 Å². The maximum absolute atomic E-state index is 16.5. The van der Waals surface area contributed by atoms with Crippen molar-refractivity contribution in [1.82, 2.24) is 30.4 Å². The Bertz CT molecular complexity index is 3660. The summed E-state index contributed by atoms with van der Waals surface area (Å²) in [4.78, 5) is 67.3. The summed E-state index contributed by atoms with van der Waals surface area (Å²) >= 11 is 19.0. The van der Waals surface area contributed by atoms with Crippen molar-refractivity contribution in [3.05, 3.63) is 147 Å². The van der Waals surface area contributed by atoms with Gasteiger partial charge < -0.3 is 60.0 Å². The molecule has 0 radical (unpaired) electrons. The zero-order valence-electron chi connectivity index (χ0n) is 50.2. The number of benzene rings is 5. The zero-order valence-corrected chi connectivity index (χ0v) is 52.4. The number of nitriles is 1. The maximum atomic E-state index is 16.5. The van der Waals surface area contributed by atoms with Gasteiger partial charge >= 0.3 is 0 Å². The summed E-state index contributed by atoms with van der Waals surface area (Å²) in [7, 11) is 2.98. The predicted molar refractivity (Wildman–Crippen MR) is 335 cm³/mol. The van der Waals surface area contributed by atoms with E-state index in [4.69, 9.17) is 53.8 Å². The van der Waals surface area contributed by atoms with E-state index in [0.29, 0.717) is 32.0 Å². The molecular formula is C64H69Cl3F4N10O9. The van der Waals surface area contributed by atoms with Crippen molar-refractivity contribution in [3.8, 4) is 28.7 Å². The lowest BCUT2D eigenvalue weighted by Crippen LogP contribution is -2.48. The minimum atomic E-state index is -1.84. The van der Waals surface area contributed by atoms with E-state index < -0.39 is 75.2 Å². The van der Waals surface area contributed by atoms with Gasteiger partial charge in [-0.2, -0.15) is 10.2 Å². The smallest absolute Gasteiger partial charge is 0.251 e. The minimum Gasteiger partial charge on any atom is -0.507 e. The number of ether oxygens (including phenoxy) is 4. The van der Waals surface area contributed by atoms with Crippen LogP contribution < -0.4 is 30.9 Å². The van der Waals surface area contributed by atoms with Crippen molar-refractivity contribution >= 4 is 86.8 Å². The summed E-state index contributed by atoms with van der Waals surface area (Å²) in [6.45, 7) is 12.4. The Labute approximate surface area is 533 Å². The number of carbonyl (C=O) groups is 4. The fraction of sp³-hybridized carbons (Fsp3) is 0.391. The SMILES string of the molecule is C=CC(=O)N1CCN(c2nc(NCCC(=O)N(C)CCOCCOCCOCCNC(=O)c3ccc(NC(=O)[C@@H]4N[C@@H](CC(C)(C)C)[C@](C#N)(c5ccc(Cl)cc5F)[C@H]4c4cccc(Cl)c4F)c(OC)c3)nc3c(F)c(-c4c(O)cccc4F)c(Cl)cc23)CC1. The van der Waals surface area contributed by atoms with E-state index in [1.807, 2.05) is 25.7 Å². The number of hydrogen-bond acceptors (Lipinski definition) is 15. The number of phenolic OH excluding ortho intramolecular Hbond substituents is 1. The second-order valence-corrected chi connectivity index (χ2v) is 23.9. The lowest BCUT2D eigenvalue weighted by molar-refractivity contribution is -0.130. The third-order valence-corrected chi connectivity index (χ3v) is 16.3. The molecule has 8 rings (SSSR count). The van der Waals surface area contributed by atoms with Gasteiger partial charge in [-0.15, -0.1) is 0 Å². The van der Waals surface area contributed by atoms with Gasteiger partial charge in [-0.1, -0.05) is 86.4 Å². The highest BCUT2D eigenvalue weighted by molar-refractivity contribution is 6.34. The van der Waals surface area contributed by atoms with Gasteiger partial charge in [0, 0.05) is 98.3 Å². The molecule has 26 heteroatoms. The Morgan fingerprint density at radius 3 is 2.22 bits per heavy atom. The van der Waals surface area contributed by atoms with E-state index in [9.17, 15) is 29.5 Å². The van der Waals surface area contributed by atoms with Crippen molar-refractivity contribution in [2.45, 2.75) is 57.0 Å². The van der Waals surface area contributed by atoms with Crippen molar-refractivity contribution in [3.63, 3.8) is 0 Å². The molecule has 478 valence electrons. The fourth-order valence-corrected chi connectivity index (χ4v) is 11.8. The van der Waals surface area contributed by atoms with Crippen LogP contribution in [0.15, 0.2) is 91.5 Å². The van der Waals surface area contributed by atoms with Gasteiger partial charge in [0.05, 0.1) is 80.2 Å². The van der Waals surface area contributed by atoms with E-state index >= 15 is 17.6 Å². The Morgan fingerprint density at radius 2 is 1.56 bits per heavy atom. The predicted octanol–water partition coefficient (Wildman–Crippen LogP) is 10.1. The van der Waals surface area contributed by atoms with Crippen molar-refractivity contribution in [2.75, 3.05) is 115 Å². The van der Waals surface area contributed by atoms with Crippen molar-refractivity contribution < 1.29 is 60.8 Å². The average molecular weight is 1300 g/mol. The van der Waals surface area contributed by atoms with Crippen LogP contribution in [-0.2, 0) is 34.0 Å². The van der Waals surface area contributed by atoms with E-state index in [1.165, 1.54) is 84.8 Å². The molecule has 5 N–H and O–H groups in total. The number of phenols is 1. The Hall–Kier alpha value is -7.82. The lowest BCUT2D eigenvalue weighted by atomic mass is 9.62. The number of anilines is 3. The molecule has 19 nitrogen and oxygen atoms in total. The number of nitrogens with one attached hydrogen (secondary N) is 4. The number of likely N-dealkylation sites (N-methyl/N-ethyl adjacent to an activating group) is 1. The molecule has 2 saturated heterocycles. The number of carbonyl (C=O) groups excluding carboxylic acids is 4. The van der Waals surface area contributed by atoms with Gasteiger partial charge in [-0.25, -0.2) is 22.5 Å². The van der Waals surface area contributed by atoms with Gasteiger partial charge in [-0.05, 0) is 78.1 Å². The van der Waals surface area contributed by atoms with E-state index in [1.54, 1.807) is 11.9 Å². The molecule has 0 aliphatic carbocycles. The monoisotopic (exact) mass is 1300 g/mol. The van der Waals surface area contributed by atoms with Gasteiger partial charge in [0.15, 0.2) is 5.82 Å². The van der Waals surface area contributed by atoms with Crippen LogP contribution >= 0.6 is 34.8 Å². The third kappa shape index (κ3) is 15.7. The molecule has 0 unspecified atom stereocenters. The number of fused-ring (bicyclic) bond motifs is 1. The third-order valence-electron chi connectivity index (χ3n) is 15.5. The topological polar surface area (TPSA) is 233 Å². The first-order valence-electron chi connectivity index (χ1n) is 28.9. The summed E-state index contributed by atoms with van der Waals surface area (Å²) in [5.41, 5.74) is -3.08. The minimum absolute atomic E-state index is 0.00562. The normalized spacial score (nSPS) is 17.4. The highest BCUT2D eigenvalue weighted by atomic mass is 35.5. The van der Waals surface area contributed by atoms with E-state index in [0.717, 1.165) is 12.1 Å². The summed E-state index contributed by atoms with van der Waals surface area (Å²) in [6.07, 6.45) is 1.51. The summed E-state index contributed by atoms with van der Waals surface area (Å²) in [6, 6.07) is 17.7. The van der Waals surface area contributed by atoms with Crippen LogP contribution in [0.5, 0.6) is 11.5 Å². The molecule has 2 fully saturated rings. The molecule has 2 aliphatic heterocycles. The molecule has 3 heterocycles. The first kappa shape index (κ1) is 68.1. The van der Waals surface area contributed by atoms with Crippen molar-refractivity contribution in [2.24, 2.45) is 5.41 Å². The van der Waals surface area contributed by atoms with Crippen LogP contribution in [0.2, 0.25) is 15.1 Å². The van der Waals surface area contributed by atoms with Crippen molar-refractivity contribution in [1.29, 1.82) is 5.26 Å². The van der Waals surface area contributed by atoms with Gasteiger partial charge in [0.1, 0.15) is 45.7 Å². The van der Waals surface area contributed by atoms with Gasteiger partial charge in [0.25, 0.3) is 5.91 Å². The zero-order chi connectivity index (χ0) is 65.0. The summed E-state index contributed by atoms with van der Waals surface area (Å²) in [5, 5.41) is 33.5. The van der Waals surface area contributed by atoms with E-state index in [2.05, 4.69) is 43.9 Å². The number of aromatic nitrogens is 2. The molecule has 5 aromatic carbocycles. The molecule has 6 aromatic rings. The second-order valence-electron chi connectivity index (χ2n) is 22.6. The molecule has 0 bridgehead atoms. The van der Waals surface area contributed by atoms with Crippen LogP contribution in [0, 0.1) is 40.0 Å². The number of rotatable bonds is 26. The van der Waals surface area contributed by atoms with Crippen LogP contribution in [0.4, 0.5) is 35.0 Å². The molecule has 1 aromatic heterocycles. The molecule has 4 atom stereocenters. The number of nitrogens with zero attached hydrogens (tertiary/aromatic N) is 6. The maximum Gasteiger partial charge on any atom is 0.251 e. The molecule has 2 aliphatic rings. The van der Waals surface area contributed by atoms with Crippen LogP contribution in [0.25, 0.3) is 22.0 Å². The molecule has 90 heavy (non-hydrogen) atoms. The number of methoxy groups -OCH3 is 1. The molecule has 4 amide bonds. The highest BCUT2D eigenvalue weighted by Gasteiger charge is 2.61. The Kier molecular flexibility index (Phi) is 22.9. The summed E-state index contributed by atoms with van der Waals surface area (Å²) < 4.78 is 86.4. The standard InChI is InChI=1S/C64H69Cl3F4N10O9/c1-7-50(83)80-21-23-81(24-22-80)59-40-34-43(67)52(53-44(68)12-9-13-47(53)82)56(71)57(40)77-62(78-59)74-19-18-51(84)79(5)25-27-89-29-31-90-30-28-88-26-20-73-60(85)37-14-17-46(48(32-37)87-6)75-61(86)58-54(39-10-8-11-42(66)55(39)70)64(36-72,49(76-58)35-63(2,3)4)41-16-15-38(65)33-45(41)69/h7-17,32-34,49,54,58,76,82H,1,18-31,35H2,2-6H3,(H,73,85)(H,75,86)(H,74,77,78)/t49-,54-,58+,64-/m0/s1. The largest absolute Gasteiger partial charge is 0.507 e. The Balaban J connectivity index is 0.764. The average Bonchev–Trinajstić information content (AvgIpc) is 1.52. The Morgan fingerprint density at radius 1 is 0.856 bits per heavy atom. The van der Waals surface area contributed by atoms with Gasteiger partial charge in [0.2, 0.25) is 23.7 Å². The lowest BCUT2D eigenvalue weighted by Gasteiger charge is -2.37. The number of piperazine rings is 1. The number of amides is 4. The molecular weight excluding hydrogens is 1240 g/mol. The highest BCUT2D eigenvalue weighted by Crippen LogP contribution is 2.53. The fourth-order valence-electron chi connectivity index (χ4n) is 11.1. The molecule has 0 saturated carbocycles. The summed E-state index contributed by atoms with van der Waals surface area (Å²) in [5.74, 6) is -6.58. The number of halogens is 7. The quantitative estimate of drug-likeness (QED) is 0.0193. The van der Waals surface area contributed by atoms with Gasteiger partial charge in [-0.3, -0.25) is 19.2 Å².